The van der Waals surface area contributed by atoms with E-state index in [2.05, 4.69) is 10.7 Å². The number of carbonyl (C=O) groups excluding carboxylic acids is 1. The van der Waals surface area contributed by atoms with Crippen LogP contribution in [0.15, 0.2) is 12.1 Å². The number of nitrogens with two attached hydrogens (primary N) is 1. The zero-order chi connectivity index (χ0) is 16.0. The first kappa shape index (κ1) is 17.2. The molecule has 0 aliphatic heterocycles. The van der Waals surface area contributed by atoms with Gasteiger partial charge in [-0.05, 0) is 33.1 Å². The zero-order valence-electron chi connectivity index (χ0n) is 11.9. The molecule has 4 N–H and O–H groups in total. The molecule has 0 aliphatic rings. The molecular formula is C12H18ClN5O3. The van der Waals surface area contributed by atoms with Crippen LogP contribution in [-0.4, -0.2) is 42.9 Å². The Labute approximate surface area is 127 Å². The average Bonchev–Trinajstić information content (AvgIpc) is 2.42. The van der Waals surface area contributed by atoms with Gasteiger partial charge in [0.1, 0.15) is 5.69 Å². The van der Waals surface area contributed by atoms with Crippen molar-refractivity contribution < 1.29 is 9.72 Å². The van der Waals surface area contributed by atoms with Crippen LogP contribution < -0.4 is 16.6 Å². The highest BCUT2D eigenvalue weighted by atomic mass is 35.5. The van der Waals surface area contributed by atoms with E-state index >= 15 is 0 Å². The van der Waals surface area contributed by atoms with Gasteiger partial charge in [-0.3, -0.25) is 20.8 Å². The van der Waals surface area contributed by atoms with Gasteiger partial charge in [-0.15, -0.1) is 0 Å². The minimum atomic E-state index is -0.649. The first-order valence-corrected chi connectivity index (χ1v) is 6.62. The summed E-state index contributed by atoms with van der Waals surface area (Å²) in [7, 11) is 3.87. The number of halogens is 1. The summed E-state index contributed by atoms with van der Waals surface area (Å²) in [5.41, 5.74) is 1.92. The molecule has 8 nitrogen and oxygen atoms in total. The number of hydrogen-bond donors (Lipinski definition) is 3. The van der Waals surface area contributed by atoms with Crippen molar-refractivity contribution in [3.63, 3.8) is 0 Å². The highest BCUT2D eigenvalue weighted by Gasteiger charge is 2.20. The van der Waals surface area contributed by atoms with E-state index in [1.165, 1.54) is 6.07 Å². The molecule has 0 aliphatic carbocycles. The number of nitro benzene ring substituents is 1. The van der Waals surface area contributed by atoms with Crippen molar-refractivity contribution >= 4 is 28.9 Å². The Morgan fingerprint density at radius 1 is 1.48 bits per heavy atom. The van der Waals surface area contributed by atoms with Gasteiger partial charge in [0.25, 0.3) is 11.6 Å². The van der Waals surface area contributed by atoms with Gasteiger partial charge >= 0.3 is 0 Å². The molecule has 1 rings (SSSR count). The molecule has 0 bridgehead atoms. The van der Waals surface area contributed by atoms with Gasteiger partial charge in [0.2, 0.25) is 0 Å². The van der Waals surface area contributed by atoms with Crippen molar-refractivity contribution in [1.29, 1.82) is 0 Å². The number of carbonyl (C=O) groups is 1. The summed E-state index contributed by atoms with van der Waals surface area (Å²) in [6.07, 6.45) is 0.775. The molecule has 0 heterocycles. The molecule has 0 radical (unpaired) electrons. The predicted molar refractivity (Wildman–Crippen MR) is 81.4 cm³/mol. The van der Waals surface area contributed by atoms with Crippen LogP contribution >= 0.6 is 11.6 Å². The summed E-state index contributed by atoms with van der Waals surface area (Å²) < 4.78 is 0. The van der Waals surface area contributed by atoms with E-state index in [9.17, 15) is 14.9 Å². The second-order valence-electron chi connectivity index (χ2n) is 4.67. The first-order chi connectivity index (χ1) is 9.86. The molecule has 21 heavy (non-hydrogen) atoms. The molecule has 0 atom stereocenters. The highest BCUT2D eigenvalue weighted by Crippen LogP contribution is 2.32. The van der Waals surface area contributed by atoms with Crippen molar-refractivity contribution in [3.05, 3.63) is 32.8 Å². The van der Waals surface area contributed by atoms with E-state index in [4.69, 9.17) is 17.4 Å². The fraction of sp³-hybridized carbons (Fsp3) is 0.417. The zero-order valence-corrected chi connectivity index (χ0v) is 12.6. The van der Waals surface area contributed by atoms with Crippen LogP contribution in [0, 0.1) is 10.1 Å². The van der Waals surface area contributed by atoms with Gasteiger partial charge in [0.05, 0.1) is 9.95 Å². The standard InChI is InChI=1S/C12H18ClN5O3/c1-17(2)5-3-4-15-12(19)8-6-9(13)11(16-14)10(7-8)18(20)21/h6-7,16H,3-5,14H2,1-2H3,(H,15,19). The largest absolute Gasteiger partial charge is 0.352 e. The third-order valence-corrected chi connectivity index (χ3v) is 3.04. The molecule has 0 spiro atoms. The minimum Gasteiger partial charge on any atom is -0.352 e. The lowest BCUT2D eigenvalue weighted by molar-refractivity contribution is -0.384. The van der Waals surface area contributed by atoms with Crippen LogP contribution in [0.2, 0.25) is 5.02 Å². The van der Waals surface area contributed by atoms with Crippen LogP contribution in [0.5, 0.6) is 0 Å². The Morgan fingerprint density at radius 3 is 2.67 bits per heavy atom. The normalized spacial score (nSPS) is 10.5. The number of nitrogen functional groups attached to an aromatic ring is 1. The lowest BCUT2D eigenvalue weighted by Crippen LogP contribution is -2.27. The topological polar surface area (TPSA) is 114 Å². The number of anilines is 1. The number of hydrogen-bond acceptors (Lipinski definition) is 6. The Morgan fingerprint density at radius 2 is 2.14 bits per heavy atom. The van der Waals surface area contributed by atoms with E-state index in [-0.39, 0.29) is 22.0 Å². The number of amides is 1. The van der Waals surface area contributed by atoms with E-state index in [0.29, 0.717) is 6.54 Å². The number of benzene rings is 1. The lowest BCUT2D eigenvalue weighted by Gasteiger charge is -2.11. The molecule has 0 saturated heterocycles. The average molecular weight is 316 g/mol. The molecule has 1 aromatic carbocycles. The minimum absolute atomic E-state index is 0.0186. The van der Waals surface area contributed by atoms with Gasteiger partial charge in [0.15, 0.2) is 0 Å². The molecule has 1 amide bonds. The van der Waals surface area contributed by atoms with E-state index in [0.717, 1.165) is 19.0 Å². The second-order valence-corrected chi connectivity index (χ2v) is 5.07. The summed E-state index contributed by atoms with van der Waals surface area (Å²) in [5.74, 6) is 4.78. The van der Waals surface area contributed by atoms with Crippen LogP contribution in [0.25, 0.3) is 0 Å². The lowest BCUT2D eigenvalue weighted by atomic mass is 10.1. The van der Waals surface area contributed by atoms with Crippen molar-refractivity contribution in [2.75, 3.05) is 32.6 Å². The van der Waals surface area contributed by atoms with Gasteiger partial charge in [-0.2, -0.15) is 0 Å². The number of hydrazine groups is 1. The Kier molecular flexibility index (Phi) is 6.35. The second kappa shape index (κ2) is 7.77. The third kappa shape index (κ3) is 4.85. The summed E-state index contributed by atoms with van der Waals surface area (Å²) in [4.78, 5) is 24.3. The molecule has 1 aromatic rings. The SMILES string of the molecule is CN(C)CCCNC(=O)c1cc(Cl)c(NN)c([N+](=O)[O-])c1. The maximum Gasteiger partial charge on any atom is 0.295 e. The van der Waals surface area contributed by atoms with Gasteiger partial charge < -0.3 is 15.6 Å². The summed E-state index contributed by atoms with van der Waals surface area (Å²) in [6, 6.07) is 2.48. The van der Waals surface area contributed by atoms with Gasteiger partial charge in [-0.1, -0.05) is 11.6 Å². The fourth-order valence-corrected chi connectivity index (χ4v) is 1.98. The number of rotatable bonds is 7. The molecule has 0 aromatic heterocycles. The van der Waals surface area contributed by atoms with E-state index in [1.807, 2.05) is 19.0 Å². The smallest absolute Gasteiger partial charge is 0.295 e. The van der Waals surface area contributed by atoms with Crippen LogP contribution in [-0.2, 0) is 0 Å². The van der Waals surface area contributed by atoms with Gasteiger partial charge in [-0.25, -0.2) is 0 Å². The van der Waals surface area contributed by atoms with Gasteiger partial charge in [0, 0.05) is 18.2 Å². The monoisotopic (exact) mass is 315 g/mol. The Balaban J connectivity index is 2.83. The van der Waals surface area contributed by atoms with Crippen LogP contribution in [0.3, 0.4) is 0 Å². The summed E-state index contributed by atoms with van der Waals surface area (Å²) in [5, 5.41) is 13.7. The number of nitrogens with one attached hydrogen (secondary N) is 2. The molecule has 9 heteroatoms. The maximum absolute atomic E-state index is 12.0. The Hall–Kier alpha value is -1.90. The predicted octanol–water partition coefficient (Wildman–Crippen LogP) is 1.22. The number of nitrogens with zero attached hydrogens (tertiary/aromatic N) is 2. The van der Waals surface area contributed by atoms with E-state index < -0.39 is 10.8 Å². The van der Waals surface area contributed by atoms with Crippen molar-refractivity contribution in [2.24, 2.45) is 5.84 Å². The van der Waals surface area contributed by atoms with Crippen LogP contribution in [0.4, 0.5) is 11.4 Å². The maximum atomic E-state index is 12.0. The fourth-order valence-electron chi connectivity index (χ4n) is 1.71. The summed E-state index contributed by atoms with van der Waals surface area (Å²) in [6.45, 7) is 1.30. The third-order valence-electron chi connectivity index (χ3n) is 2.74. The molecule has 0 unspecified atom stereocenters. The first-order valence-electron chi connectivity index (χ1n) is 6.24. The summed E-state index contributed by atoms with van der Waals surface area (Å²) >= 11 is 5.89. The highest BCUT2D eigenvalue weighted by molar-refractivity contribution is 6.34. The molecular weight excluding hydrogens is 298 g/mol. The quantitative estimate of drug-likeness (QED) is 0.302. The molecule has 0 fully saturated rings. The molecule has 116 valence electrons. The van der Waals surface area contributed by atoms with Crippen molar-refractivity contribution in [3.8, 4) is 0 Å². The van der Waals surface area contributed by atoms with Crippen LogP contribution in [0.1, 0.15) is 16.8 Å². The van der Waals surface area contributed by atoms with Crippen molar-refractivity contribution in [2.45, 2.75) is 6.42 Å². The molecule has 0 saturated carbocycles. The Bertz CT molecular complexity index is 536. The number of nitro groups is 1. The van der Waals surface area contributed by atoms with Crippen molar-refractivity contribution in [1.82, 2.24) is 10.2 Å². The van der Waals surface area contributed by atoms with E-state index in [1.54, 1.807) is 0 Å².